The van der Waals surface area contributed by atoms with Gasteiger partial charge in [-0.1, -0.05) is 0 Å². The Balaban J connectivity index is 2.12. The molecule has 0 aromatic carbocycles. The van der Waals surface area contributed by atoms with Gasteiger partial charge >= 0.3 is 0 Å². The molecule has 0 spiro atoms. The number of anilines is 1. The number of fused-ring (bicyclic) bond motifs is 1. The topological polar surface area (TPSA) is 166 Å². The number of hydrogen-bond acceptors (Lipinski definition) is 9. The van der Waals surface area contributed by atoms with Crippen LogP contribution in [0.1, 0.15) is 0 Å². The predicted octanol–water partition coefficient (Wildman–Crippen LogP) is -2.91. The van der Waals surface area contributed by atoms with Crippen molar-refractivity contribution in [3.05, 3.63) is 12.5 Å². The van der Waals surface area contributed by atoms with Crippen LogP contribution in [0.5, 0.6) is 0 Å². The van der Waals surface area contributed by atoms with Gasteiger partial charge in [0.1, 0.15) is 30.2 Å². The van der Waals surface area contributed by atoms with Gasteiger partial charge in [-0.25, -0.2) is 9.97 Å². The normalized spacial score (nSPS) is 33.9. The lowest BCUT2D eigenvalue weighted by Crippen LogP contribution is -2.52. The van der Waals surface area contributed by atoms with Crippen LogP contribution in [-0.4, -0.2) is 59.8 Å². The van der Waals surface area contributed by atoms with Crippen LogP contribution in [-0.2, 0) is 10.6 Å². The third kappa shape index (κ3) is 1.67. The van der Waals surface area contributed by atoms with Crippen molar-refractivity contribution in [3.63, 3.8) is 0 Å². The first-order valence-electron chi connectivity index (χ1n) is 5.87. The van der Waals surface area contributed by atoms with Gasteiger partial charge < -0.3 is 25.8 Å². The molecule has 2 aromatic rings. The number of aromatic nitrogens is 4. The van der Waals surface area contributed by atoms with E-state index >= 15 is 0 Å². The molecule has 0 unspecified atom stereocenters. The van der Waals surface area contributed by atoms with Gasteiger partial charge in [-0.15, -0.1) is 0 Å². The molecular weight excluding hydrogens is 268 g/mol. The first-order chi connectivity index (χ1) is 9.47. The van der Waals surface area contributed by atoms with Crippen LogP contribution in [0.3, 0.4) is 0 Å². The predicted molar refractivity (Wildman–Crippen MR) is 65.9 cm³/mol. The van der Waals surface area contributed by atoms with Gasteiger partial charge in [-0.05, 0) is 0 Å². The summed E-state index contributed by atoms with van der Waals surface area (Å²) in [5, 5.41) is 29.0. The zero-order valence-electron chi connectivity index (χ0n) is 10.3. The van der Waals surface area contributed by atoms with Crippen molar-refractivity contribution in [2.75, 3.05) is 12.3 Å². The van der Waals surface area contributed by atoms with Gasteiger partial charge in [0.15, 0.2) is 5.65 Å². The molecule has 7 N–H and O–H groups in total. The number of aliphatic hydroxyl groups excluding tert-OH is 3. The van der Waals surface area contributed by atoms with Crippen LogP contribution in [0.2, 0.25) is 0 Å². The second kappa shape index (κ2) is 4.33. The first-order valence-corrected chi connectivity index (χ1v) is 5.87. The number of nitrogens with zero attached hydrogens (tertiary/aromatic N) is 4. The smallest absolute Gasteiger partial charge is 0.231 e. The summed E-state index contributed by atoms with van der Waals surface area (Å²) in [5.41, 5.74) is 12.2. The van der Waals surface area contributed by atoms with Gasteiger partial charge in [0.05, 0.1) is 12.8 Å². The Hall–Kier alpha value is -1.85. The van der Waals surface area contributed by atoms with E-state index < -0.39 is 30.8 Å². The Bertz CT molecular complexity index is 648. The molecule has 0 aliphatic carbocycles. The molecule has 10 nitrogen and oxygen atoms in total. The number of hydrogen-bond donors (Lipinski definition) is 5. The summed E-state index contributed by atoms with van der Waals surface area (Å²) in [5.74, 6) is -1.79. The SMILES string of the molecule is Nc1ncc2ncn([C@]3(N)O[C@H](CO)[C@@H](O)[C@H]3O)c2n1. The van der Waals surface area contributed by atoms with Crippen LogP contribution in [0.4, 0.5) is 5.95 Å². The van der Waals surface area contributed by atoms with Crippen molar-refractivity contribution in [3.8, 4) is 0 Å². The Kier molecular flexibility index (Phi) is 2.84. The van der Waals surface area contributed by atoms with Crippen molar-refractivity contribution >= 4 is 17.1 Å². The minimum atomic E-state index is -1.80. The van der Waals surface area contributed by atoms with Gasteiger partial charge in [0, 0.05) is 0 Å². The van der Waals surface area contributed by atoms with Crippen molar-refractivity contribution in [1.29, 1.82) is 0 Å². The largest absolute Gasteiger partial charge is 0.394 e. The lowest BCUT2D eigenvalue weighted by atomic mass is 10.1. The zero-order chi connectivity index (χ0) is 14.5. The summed E-state index contributed by atoms with van der Waals surface area (Å²) in [4.78, 5) is 11.8. The van der Waals surface area contributed by atoms with Crippen LogP contribution in [0.15, 0.2) is 12.5 Å². The van der Waals surface area contributed by atoms with Crippen LogP contribution in [0, 0.1) is 0 Å². The minimum absolute atomic E-state index is 0.00888. The summed E-state index contributed by atoms with van der Waals surface area (Å²) >= 11 is 0. The molecule has 0 bridgehead atoms. The highest BCUT2D eigenvalue weighted by molar-refractivity contribution is 5.70. The maximum atomic E-state index is 10.1. The fourth-order valence-electron chi connectivity index (χ4n) is 2.25. The van der Waals surface area contributed by atoms with Crippen LogP contribution < -0.4 is 11.5 Å². The van der Waals surface area contributed by atoms with E-state index in [1.54, 1.807) is 0 Å². The third-order valence-corrected chi connectivity index (χ3v) is 3.33. The van der Waals surface area contributed by atoms with Gasteiger partial charge in [-0.3, -0.25) is 10.3 Å². The average Bonchev–Trinajstić information content (AvgIpc) is 2.94. The van der Waals surface area contributed by atoms with E-state index in [1.807, 2.05) is 0 Å². The zero-order valence-corrected chi connectivity index (χ0v) is 10.3. The van der Waals surface area contributed by atoms with Gasteiger partial charge in [-0.2, -0.15) is 4.98 Å². The molecule has 20 heavy (non-hydrogen) atoms. The van der Waals surface area contributed by atoms with Crippen molar-refractivity contribution < 1.29 is 20.1 Å². The Morgan fingerprint density at radius 1 is 1.40 bits per heavy atom. The fourth-order valence-corrected chi connectivity index (χ4v) is 2.25. The number of imidazole rings is 1. The highest BCUT2D eigenvalue weighted by atomic mass is 16.6. The fraction of sp³-hybridized carbons (Fsp3) is 0.500. The molecule has 10 heteroatoms. The molecule has 0 radical (unpaired) electrons. The third-order valence-electron chi connectivity index (χ3n) is 3.33. The maximum absolute atomic E-state index is 10.1. The molecular formula is C10H14N6O4. The summed E-state index contributed by atoms with van der Waals surface area (Å²) in [6.45, 7) is -0.485. The molecule has 0 amide bonds. The van der Waals surface area contributed by atoms with Crippen LogP contribution >= 0.6 is 0 Å². The molecule has 1 aliphatic rings. The van der Waals surface area contributed by atoms with Crippen molar-refractivity contribution in [2.45, 2.75) is 24.2 Å². The van der Waals surface area contributed by atoms with Gasteiger partial charge in [0.2, 0.25) is 11.8 Å². The molecule has 3 rings (SSSR count). The number of rotatable bonds is 2. The number of aliphatic hydroxyl groups is 3. The van der Waals surface area contributed by atoms with E-state index in [-0.39, 0.29) is 11.6 Å². The molecule has 1 aliphatic heterocycles. The molecule has 3 heterocycles. The quantitative estimate of drug-likeness (QED) is 0.388. The maximum Gasteiger partial charge on any atom is 0.231 e. The number of ether oxygens (including phenoxy) is 1. The average molecular weight is 282 g/mol. The van der Waals surface area contributed by atoms with Crippen molar-refractivity contribution in [1.82, 2.24) is 19.5 Å². The molecule has 1 saturated heterocycles. The second-order valence-corrected chi connectivity index (χ2v) is 4.58. The molecule has 2 aromatic heterocycles. The molecule has 0 saturated carbocycles. The molecule has 108 valence electrons. The summed E-state index contributed by atoms with van der Waals surface area (Å²) in [7, 11) is 0. The lowest BCUT2D eigenvalue weighted by molar-refractivity contribution is -0.141. The number of nitrogen functional groups attached to an aromatic ring is 1. The highest BCUT2D eigenvalue weighted by Gasteiger charge is 2.53. The van der Waals surface area contributed by atoms with E-state index in [0.29, 0.717) is 5.52 Å². The van der Waals surface area contributed by atoms with E-state index in [9.17, 15) is 10.2 Å². The van der Waals surface area contributed by atoms with Gasteiger partial charge in [0.25, 0.3) is 0 Å². The van der Waals surface area contributed by atoms with E-state index in [2.05, 4.69) is 15.0 Å². The monoisotopic (exact) mass is 282 g/mol. The standard InChI is InChI=1S/C10H14N6O4/c11-9-13-1-4-8(15-9)16(3-14-4)10(12)7(19)6(18)5(2-17)20-10/h1,3,5-7,17-19H,2,12H2,(H2,11,13,15)/t5-,6-,7-,10+/m1/s1. The van der Waals surface area contributed by atoms with E-state index in [0.717, 1.165) is 0 Å². The van der Waals surface area contributed by atoms with Crippen molar-refractivity contribution in [2.24, 2.45) is 5.73 Å². The Labute approximate surface area is 112 Å². The second-order valence-electron chi connectivity index (χ2n) is 4.58. The molecule has 1 fully saturated rings. The summed E-state index contributed by atoms with van der Waals surface area (Å²) in [6.07, 6.45) is -1.10. The Morgan fingerprint density at radius 3 is 2.80 bits per heavy atom. The van der Waals surface area contributed by atoms with Crippen LogP contribution in [0.25, 0.3) is 11.2 Å². The first kappa shape index (κ1) is 13.1. The summed E-state index contributed by atoms with van der Waals surface area (Å²) < 4.78 is 6.62. The Morgan fingerprint density at radius 2 is 2.15 bits per heavy atom. The highest BCUT2D eigenvalue weighted by Crippen LogP contribution is 2.32. The number of nitrogens with two attached hydrogens (primary N) is 2. The molecule has 4 atom stereocenters. The lowest BCUT2D eigenvalue weighted by Gasteiger charge is -2.28. The van der Waals surface area contributed by atoms with E-state index in [1.165, 1.54) is 17.1 Å². The summed E-state index contributed by atoms with van der Waals surface area (Å²) in [6, 6.07) is 0. The minimum Gasteiger partial charge on any atom is -0.394 e. The van der Waals surface area contributed by atoms with E-state index in [4.69, 9.17) is 21.3 Å².